The van der Waals surface area contributed by atoms with Crippen LogP contribution in [0.2, 0.25) is 0 Å². The zero-order chi connectivity index (χ0) is 9.76. The molecule has 1 heteroatoms. The number of rotatable bonds is 2. The van der Waals surface area contributed by atoms with Gasteiger partial charge in [0.15, 0.2) is 0 Å². The van der Waals surface area contributed by atoms with Gasteiger partial charge in [-0.2, -0.15) is 0 Å². The highest BCUT2D eigenvalue weighted by Crippen LogP contribution is 2.60. The first kappa shape index (κ1) is 8.49. The number of aryl methyl sites for hydroxylation is 1. The van der Waals surface area contributed by atoms with Crippen molar-refractivity contribution < 1.29 is 0 Å². The van der Waals surface area contributed by atoms with E-state index in [4.69, 9.17) is 5.73 Å². The second-order valence-electron chi connectivity index (χ2n) is 5.06. The summed E-state index contributed by atoms with van der Waals surface area (Å²) in [5, 5.41) is 0. The van der Waals surface area contributed by atoms with Crippen LogP contribution in [0.3, 0.4) is 0 Å². The summed E-state index contributed by atoms with van der Waals surface area (Å²) in [6.45, 7) is 2.14. The number of hydrogen-bond acceptors (Lipinski definition) is 1. The molecule has 2 aliphatic rings. The molecular weight excluding hydrogens is 170 g/mol. The Kier molecular flexibility index (Phi) is 1.58. The van der Waals surface area contributed by atoms with Crippen LogP contribution in [0, 0.1) is 18.8 Å². The molecule has 2 N–H and O–H groups in total. The Balaban J connectivity index is 1.88. The van der Waals surface area contributed by atoms with Crippen molar-refractivity contribution in [3.05, 3.63) is 35.4 Å². The van der Waals surface area contributed by atoms with Gasteiger partial charge in [-0.05, 0) is 43.6 Å². The topological polar surface area (TPSA) is 26.0 Å². The largest absolute Gasteiger partial charge is 0.321 e. The van der Waals surface area contributed by atoms with Crippen molar-refractivity contribution in [1.82, 2.24) is 0 Å². The molecule has 0 spiro atoms. The van der Waals surface area contributed by atoms with Crippen molar-refractivity contribution in [2.24, 2.45) is 17.6 Å². The minimum absolute atomic E-state index is 0.0349. The highest BCUT2D eigenvalue weighted by atomic mass is 14.9. The average molecular weight is 187 g/mol. The average Bonchev–Trinajstić information content (AvgIpc) is 2.98. The van der Waals surface area contributed by atoms with Crippen molar-refractivity contribution in [1.29, 1.82) is 0 Å². The minimum atomic E-state index is 0.0349. The maximum Gasteiger partial charge on any atom is 0.0445 e. The molecule has 2 fully saturated rings. The fourth-order valence-corrected chi connectivity index (χ4v) is 2.66. The zero-order valence-electron chi connectivity index (χ0n) is 8.66. The van der Waals surface area contributed by atoms with E-state index in [1.54, 1.807) is 0 Å². The lowest BCUT2D eigenvalue weighted by Gasteiger charge is -2.12. The van der Waals surface area contributed by atoms with Gasteiger partial charge in [-0.3, -0.25) is 0 Å². The highest BCUT2D eigenvalue weighted by Gasteiger charge is 2.58. The van der Waals surface area contributed by atoms with Gasteiger partial charge in [0, 0.05) is 5.54 Å². The van der Waals surface area contributed by atoms with Gasteiger partial charge in [-0.25, -0.2) is 0 Å². The van der Waals surface area contributed by atoms with E-state index < -0.39 is 0 Å². The molecule has 0 amide bonds. The van der Waals surface area contributed by atoms with E-state index in [9.17, 15) is 0 Å². The summed E-state index contributed by atoms with van der Waals surface area (Å²) in [4.78, 5) is 0. The second kappa shape index (κ2) is 2.60. The molecule has 0 heterocycles. The molecule has 0 aromatic heterocycles. The first-order chi connectivity index (χ1) is 6.70. The molecule has 14 heavy (non-hydrogen) atoms. The highest BCUT2D eigenvalue weighted by molar-refractivity contribution is 5.35. The van der Waals surface area contributed by atoms with E-state index in [1.807, 2.05) is 0 Å². The van der Waals surface area contributed by atoms with E-state index in [0.29, 0.717) is 0 Å². The van der Waals surface area contributed by atoms with Crippen LogP contribution in [0.5, 0.6) is 0 Å². The lowest BCUT2D eigenvalue weighted by Crippen LogP contribution is -2.22. The van der Waals surface area contributed by atoms with Crippen LogP contribution in [-0.2, 0) is 5.54 Å². The van der Waals surface area contributed by atoms with Crippen molar-refractivity contribution in [2.45, 2.75) is 31.7 Å². The SMILES string of the molecule is Cc1cccc(C2(N)CC2C2CC2)c1. The molecule has 1 nitrogen and oxygen atoms in total. The van der Waals surface area contributed by atoms with E-state index in [0.717, 1.165) is 11.8 Å². The quantitative estimate of drug-likeness (QED) is 0.756. The molecule has 1 aromatic carbocycles. The molecule has 1 aromatic rings. The van der Waals surface area contributed by atoms with Crippen molar-refractivity contribution in [3.63, 3.8) is 0 Å². The van der Waals surface area contributed by atoms with Crippen LogP contribution in [0.4, 0.5) is 0 Å². The Hall–Kier alpha value is -0.820. The van der Waals surface area contributed by atoms with Crippen molar-refractivity contribution in [2.75, 3.05) is 0 Å². The number of hydrogen-bond donors (Lipinski definition) is 1. The number of benzene rings is 1. The lowest BCUT2D eigenvalue weighted by atomic mass is 10.00. The van der Waals surface area contributed by atoms with Crippen LogP contribution >= 0.6 is 0 Å². The van der Waals surface area contributed by atoms with Crippen LogP contribution in [0.25, 0.3) is 0 Å². The van der Waals surface area contributed by atoms with Crippen LogP contribution in [0.15, 0.2) is 24.3 Å². The third-order valence-electron chi connectivity index (χ3n) is 3.81. The van der Waals surface area contributed by atoms with E-state index >= 15 is 0 Å². The van der Waals surface area contributed by atoms with Gasteiger partial charge in [0.1, 0.15) is 0 Å². The second-order valence-corrected chi connectivity index (χ2v) is 5.06. The van der Waals surface area contributed by atoms with Crippen molar-refractivity contribution >= 4 is 0 Å². The van der Waals surface area contributed by atoms with E-state index in [-0.39, 0.29) is 5.54 Å². The van der Waals surface area contributed by atoms with Gasteiger partial charge in [-0.15, -0.1) is 0 Å². The van der Waals surface area contributed by atoms with E-state index in [2.05, 4.69) is 31.2 Å². The molecule has 0 radical (unpaired) electrons. The van der Waals surface area contributed by atoms with E-state index in [1.165, 1.54) is 30.4 Å². The van der Waals surface area contributed by atoms with Gasteiger partial charge in [-0.1, -0.05) is 29.8 Å². The predicted molar refractivity (Wildman–Crippen MR) is 57.9 cm³/mol. The standard InChI is InChI=1S/C13H17N/c1-9-3-2-4-11(7-9)13(14)8-12(13)10-5-6-10/h2-4,7,10,12H,5-6,8,14H2,1H3. The third kappa shape index (κ3) is 1.19. The monoisotopic (exact) mass is 187 g/mol. The maximum absolute atomic E-state index is 6.42. The summed E-state index contributed by atoms with van der Waals surface area (Å²) in [5.41, 5.74) is 9.14. The van der Waals surface area contributed by atoms with Gasteiger partial charge >= 0.3 is 0 Å². The van der Waals surface area contributed by atoms with Crippen LogP contribution in [0.1, 0.15) is 30.4 Å². The summed E-state index contributed by atoms with van der Waals surface area (Å²) in [6.07, 6.45) is 4.03. The summed E-state index contributed by atoms with van der Waals surface area (Å²) < 4.78 is 0. The fraction of sp³-hybridized carbons (Fsp3) is 0.538. The Bertz CT molecular complexity index is 367. The molecule has 2 saturated carbocycles. The van der Waals surface area contributed by atoms with Gasteiger partial charge in [0.05, 0.1) is 0 Å². The Morgan fingerprint density at radius 2 is 2.14 bits per heavy atom. The maximum atomic E-state index is 6.42. The summed E-state index contributed by atoms with van der Waals surface area (Å²) in [7, 11) is 0. The lowest BCUT2D eigenvalue weighted by molar-refractivity contribution is 0.575. The Morgan fingerprint density at radius 3 is 2.79 bits per heavy atom. The van der Waals surface area contributed by atoms with Gasteiger partial charge in [0.2, 0.25) is 0 Å². The molecule has 2 unspecified atom stereocenters. The molecule has 2 aliphatic carbocycles. The van der Waals surface area contributed by atoms with Crippen LogP contribution in [-0.4, -0.2) is 0 Å². The minimum Gasteiger partial charge on any atom is -0.321 e. The smallest absolute Gasteiger partial charge is 0.0445 e. The molecular formula is C13H17N. The molecule has 0 aliphatic heterocycles. The normalized spacial score (nSPS) is 35.7. The summed E-state index contributed by atoms with van der Waals surface area (Å²) in [6, 6.07) is 8.71. The molecule has 0 saturated heterocycles. The van der Waals surface area contributed by atoms with Crippen LogP contribution < -0.4 is 5.73 Å². The number of nitrogens with two attached hydrogens (primary N) is 1. The Morgan fingerprint density at radius 1 is 1.36 bits per heavy atom. The van der Waals surface area contributed by atoms with Gasteiger partial charge < -0.3 is 5.73 Å². The fourth-order valence-electron chi connectivity index (χ4n) is 2.66. The van der Waals surface area contributed by atoms with Crippen molar-refractivity contribution in [3.8, 4) is 0 Å². The first-order valence-corrected chi connectivity index (χ1v) is 5.56. The molecule has 3 rings (SSSR count). The summed E-state index contributed by atoms with van der Waals surface area (Å²) >= 11 is 0. The zero-order valence-corrected chi connectivity index (χ0v) is 8.66. The molecule has 0 bridgehead atoms. The third-order valence-corrected chi connectivity index (χ3v) is 3.81. The molecule has 2 atom stereocenters. The summed E-state index contributed by atoms with van der Waals surface area (Å²) in [5.74, 6) is 1.73. The predicted octanol–water partition coefficient (Wildman–Crippen LogP) is 2.58. The van der Waals surface area contributed by atoms with Gasteiger partial charge in [0.25, 0.3) is 0 Å². The molecule has 74 valence electrons. The Labute approximate surface area is 85.3 Å². The first-order valence-electron chi connectivity index (χ1n) is 5.56.